The maximum absolute atomic E-state index is 5.24. The standard InChI is InChI=1S/C6H14INOS/c1-3-9-4-6(7)10-5-8-2/h6,8H,3-5H2,1-2H3. The van der Waals surface area contributed by atoms with Crippen molar-refractivity contribution in [3.05, 3.63) is 0 Å². The lowest BCUT2D eigenvalue weighted by molar-refractivity contribution is 0.162. The lowest BCUT2D eigenvalue weighted by Crippen LogP contribution is -2.10. The quantitative estimate of drug-likeness (QED) is 0.453. The average Bonchev–Trinajstić information content (AvgIpc) is 1.97. The SMILES string of the molecule is CCOCC(I)SCNC. The molecule has 62 valence electrons. The second kappa shape index (κ2) is 8.10. The summed E-state index contributed by atoms with van der Waals surface area (Å²) in [4.78, 5) is 0. The molecule has 0 fully saturated rings. The molecule has 0 bridgehead atoms. The summed E-state index contributed by atoms with van der Waals surface area (Å²) in [6.45, 7) is 3.69. The van der Waals surface area contributed by atoms with Crippen molar-refractivity contribution in [2.24, 2.45) is 0 Å². The highest BCUT2D eigenvalue weighted by Gasteiger charge is 2.01. The van der Waals surface area contributed by atoms with Crippen molar-refractivity contribution in [3.8, 4) is 0 Å². The Morgan fingerprint density at radius 2 is 2.40 bits per heavy atom. The van der Waals surface area contributed by atoms with Gasteiger partial charge in [-0.05, 0) is 14.0 Å². The summed E-state index contributed by atoms with van der Waals surface area (Å²) in [5, 5.41) is 3.08. The molecule has 0 aliphatic rings. The second-order valence-corrected chi connectivity index (χ2v) is 5.27. The van der Waals surface area contributed by atoms with Crippen LogP contribution in [0.4, 0.5) is 0 Å². The number of alkyl halides is 1. The Morgan fingerprint density at radius 1 is 1.70 bits per heavy atom. The monoisotopic (exact) mass is 275 g/mol. The van der Waals surface area contributed by atoms with Crippen LogP contribution in [0.1, 0.15) is 6.92 Å². The molecule has 0 spiro atoms. The first-order valence-corrected chi connectivity index (χ1v) is 5.58. The maximum Gasteiger partial charge on any atom is 0.0810 e. The number of halogens is 1. The van der Waals surface area contributed by atoms with Crippen LogP contribution in [0.3, 0.4) is 0 Å². The third-order valence-corrected chi connectivity index (χ3v) is 3.25. The molecule has 0 aromatic carbocycles. The molecule has 1 N–H and O–H groups in total. The predicted molar refractivity (Wildman–Crippen MR) is 55.8 cm³/mol. The summed E-state index contributed by atoms with van der Waals surface area (Å²) >= 11 is 4.25. The molecule has 0 saturated carbocycles. The van der Waals surface area contributed by atoms with E-state index in [0.717, 1.165) is 19.1 Å². The topological polar surface area (TPSA) is 21.3 Å². The zero-order valence-corrected chi connectivity index (χ0v) is 9.37. The zero-order chi connectivity index (χ0) is 7.82. The van der Waals surface area contributed by atoms with E-state index >= 15 is 0 Å². The minimum Gasteiger partial charge on any atom is -0.380 e. The van der Waals surface area contributed by atoms with Gasteiger partial charge in [-0.3, -0.25) is 0 Å². The van der Waals surface area contributed by atoms with Crippen LogP contribution in [0.5, 0.6) is 0 Å². The van der Waals surface area contributed by atoms with E-state index in [1.807, 2.05) is 25.7 Å². The molecule has 0 aromatic heterocycles. The molecule has 0 aliphatic carbocycles. The first-order valence-electron chi connectivity index (χ1n) is 3.29. The highest BCUT2D eigenvalue weighted by Crippen LogP contribution is 2.16. The van der Waals surface area contributed by atoms with Crippen molar-refractivity contribution >= 4 is 34.4 Å². The van der Waals surface area contributed by atoms with Gasteiger partial charge in [-0.2, -0.15) is 0 Å². The molecule has 0 saturated heterocycles. The van der Waals surface area contributed by atoms with E-state index in [4.69, 9.17) is 4.74 Å². The van der Waals surface area contributed by atoms with Crippen LogP contribution in [0.15, 0.2) is 0 Å². The maximum atomic E-state index is 5.24. The van der Waals surface area contributed by atoms with Crippen LogP contribution in [0.25, 0.3) is 0 Å². The molecule has 0 aromatic rings. The molecular weight excluding hydrogens is 261 g/mol. The summed E-state index contributed by atoms with van der Waals surface area (Å²) in [6, 6.07) is 0. The minimum atomic E-state index is 0.574. The van der Waals surface area contributed by atoms with Gasteiger partial charge in [0.15, 0.2) is 0 Å². The third kappa shape index (κ3) is 7.11. The van der Waals surface area contributed by atoms with Crippen molar-refractivity contribution < 1.29 is 4.74 Å². The normalized spacial score (nSPS) is 13.5. The number of thioether (sulfide) groups is 1. The summed E-state index contributed by atoms with van der Waals surface area (Å²) in [6.07, 6.45) is 0. The Kier molecular flexibility index (Phi) is 8.91. The number of rotatable bonds is 6. The van der Waals surface area contributed by atoms with Gasteiger partial charge in [-0.25, -0.2) is 0 Å². The van der Waals surface area contributed by atoms with E-state index in [-0.39, 0.29) is 0 Å². The molecule has 0 radical (unpaired) electrons. The molecule has 0 amide bonds. The average molecular weight is 275 g/mol. The number of hydrogen-bond acceptors (Lipinski definition) is 3. The summed E-state index contributed by atoms with van der Waals surface area (Å²) < 4.78 is 5.81. The molecule has 0 rings (SSSR count). The van der Waals surface area contributed by atoms with Gasteiger partial charge in [0.2, 0.25) is 0 Å². The molecule has 10 heavy (non-hydrogen) atoms. The largest absolute Gasteiger partial charge is 0.380 e. The Hall–Kier alpha value is 1.00. The van der Waals surface area contributed by atoms with E-state index in [0.29, 0.717) is 3.26 Å². The van der Waals surface area contributed by atoms with Gasteiger partial charge < -0.3 is 10.1 Å². The van der Waals surface area contributed by atoms with Gasteiger partial charge in [0.1, 0.15) is 0 Å². The van der Waals surface area contributed by atoms with E-state index < -0.39 is 0 Å². The fourth-order valence-electron chi connectivity index (χ4n) is 0.432. The van der Waals surface area contributed by atoms with Crippen molar-refractivity contribution in [2.45, 2.75) is 10.2 Å². The van der Waals surface area contributed by atoms with Crippen LogP contribution < -0.4 is 5.32 Å². The van der Waals surface area contributed by atoms with E-state index in [1.54, 1.807) is 0 Å². The molecule has 2 nitrogen and oxygen atoms in total. The van der Waals surface area contributed by atoms with Gasteiger partial charge in [-0.1, -0.05) is 22.6 Å². The van der Waals surface area contributed by atoms with Gasteiger partial charge in [0.05, 0.1) is 9.86 Å². The van der Waals surface area contributed by atoms with Crippen molar-refractivity contribution in [1.82, 2.24) is 5.32 Å². The smallest absolute Gasteiger partial charge is 0.0810 e. The number of hydrogen-bond donors (Lipinski definition) is 1. The zero-order valence-electron chi connectivity index (χ0n) is 6.39. The van der Waals surface area contributed by atoms with Crippen molar-refractivity contribution in [1.29, 1.82) is 0 Å². The fraction of sp³-hybridized carbons (Fsp3) is 1.00. The van der Waals surface area contributed by atoms with Crippen LogP contribution >= 0.6 is 34.4 Å². The summed E-state index contributed by atoms with van der Waals surface area (Å²) in [5.74, 6) is 1.00. The van der Waals surface area contributed by atoms with Crippen molar-refractivity contribution in [2.75, 3.05) is 26.1 Å². The van der Waals surface area contributed by atoms with E-state index in [1.165, 1.54) is 0 Å². The highest BCUT2D eigenvalue weighted by molar-refractivity contribution is 14.1. The predicted octanol–water partition coefficient (Wildman–Crippen LogP) is 1.69. The van der Waals surface area contributed by atoms with Crippen molar-refractivity contribution in [3.63, 3.8) is 0 Å². The van der Waals surface area contributed by atoms with Gasteiger partial charge in [-0.15, -0.1) is 11.8 Å². The first-order chi connectivity index (χ1) is 4.81. The Labute approximate surface area is 80.6 Å². The Morgan fingerprint density at radius 3 is 2.90 bits per heavy atom. The van der Waals surface area contributed by atoms with Crippen LogP contribution in [0.2, 0.25) is 0 Å². The van der Waals surface area contributed by atoms with E-state index in [9.17, 15) is 0 Å². The summed E-state index contributed by atoms with van der Waals surface area (Å²) in [5.41, 5.74) is 0. The highest BCUT2D eigenvalue weighted by atomic mass is 127. The minimum absolute atomic E-state index is 0.574. The lowest BCUT2D eigenvalue weighted by Gasteiger charge is -2.07. The molecule has 0 aliphatic heterocycles. The van der Waals surface area contributed by atoms with Gasteiger partial charge in [0.25, 0.3) is 0 Å². The Balaban J connectivity index is 3.00. The van der Waals surface area contributed by atoms with Gasteiger partial charge in [0, 0.05) is 12.5 Å². The van der Waals surface area contributed by atoms with Crippen LogP contribution in [-0.4, -0.2) is 29.4 Å². The fourth-order valence-corrected chi connectivity index (χ4v) is 1.77. The third-order valence-electron chi connectivity index (χ3n) is 0.862. The molecule has 1 unspecified atom stereocenters. The first kappa shape index (κ1) is 11.0. The molecule has 4 heteroatoms. The van der Waals surface area contributed by atoms with E-state index in [2.05, 4.69) is 27.9 Å². The molecular formula is C6H14INOS. The molecule has 1 atom stereocenters. The molecule has 0 heterocycles. The Bertz CT molecular complexity index is 66.8. The lowest BCUT2D eigenvalue weighted by atomic mass is 10.8. The van der Waals surface area contributed by atoms with Crippen LogP contribution in [0, 0.1) is 0 Å². The second-order valence-electron chi connectivity index (χ2n) is 1.73. The van der Waals surface area contributed by atoms with Crippen LogP contribution in [-0.2, 0) is 4.74 Å². The number of nitrogens with one attached hydrogen (secondary N) is 1. The number of ether oxygens (including phenoxy) is 1. The van der Waals surface area contributed by atoms with Gasteiger partial charge >= 0.3 is 0 Å². The summed E-state index contributed by atoms with van der Waals surface area (Å²) in [7, 11) is 1.96.